The summed E-state index contributed by atoms with van der Waals surface area (Å²) in [5.74, 6) is 0.366. The lowest BCUT2D eigenvalue weighted by molar-refractivity contribution is -0.135. The first-order chi connectivity index (χ1) is 17.4. The van der Waals surface area contributed by atoms with Gasteiger partial charge in [0, 0.05) is 23.0 Å². The minimum Gasteiger partial charge on any atom is -0.491 e. The number of hydrogen-bond donors (Lipinski definition) is 0. The number of thiophene rings is 1. The van der Waals surface area contributed by atoms with Crippen molar-refractivity contribution in [3.8, 4) is 5.75 Å². The van der Waals surface area contributed by atoms with Gasteiger partial charge in [0.1, 0.15) is 24.7 Å². The highest BCUT2D eigenvalue weighted by molar-refractivity contribution is 7.10. The molecule has 7 heteroatoms. The molecular weight excluding hydrogens is 475 g/mol. The highest BCUT2D eigenvalue weighted by Crippen LogP contribution is 2.35. The molecular formula is C29H31FN2O3S. The number of benzene rings is 2. The minimum absolute atomic E-state index is 0.0148. The van der Waals surface area contributed by atoms with E-state index in [1.807, 2.05) is 17.0 Å². The summed E-state index contributed by atoms with van der Waals surface area (Å²) in [6.45, 7) is 5.23. The third-order valence-electron chi connectivity index (χ3n) is 7.00. The average molecular weight is 507 g/mol. The minimum atomic E-state index is -0.456. The van der Waals surface area contributed by atoms with Crippen LogP contribution in [-0.2, 0) is 11.2 Å². The van der Waals surface area contributed by atoms with Gasteiger partial charge in [0.15, 0.2) is 0 Å². The number of hydrogen-bond acceptors (Lipinski definition) is 4. The number of nitrogens with zero attached hydrogens (tertiary/aromatic N) is 2. The fraction of sp³-hybridized carbons (Fsp3) is 0.379. The Morgan fingerprint density at radius 2 is 1.92 bits per heavy atom. The van der Waals surface area contributed by atoms with E-state index in [2.05, 4.69) is 37.4 Å². The molecule has 5 rings (SSSR count). The number of amides is 2. The summed E-state index contributed by atoms with van der Waals surface area (Å²) < 4.78 is 19.9. The second kappa shape index (κ2) is 10.4. The molecule has 1 atom stereocenters. The smallest absolute Gasteiger partial charge is 0.254 e. The number of rotatable bonds is 8. The molecule has 5 nitrogen and oxygen atoms in total. The second-order valence-corrected chi connectivity index (χ2v) is 10.9. The summed E-state index contributed by atoms with van der Waals surface area (Å²) in [7, 11) is 0. The van der Waals surface area contributed by atoms with Crippen LogP contribution in [0.25, 0.3) is 0 Å². The van der Waals surface area contributed by atoms with Crippen LogP contribution < -0.4 is 4.74 Å². The third kappa shape index (κ3) is 5.31. The third-order valence-corrected chi connectivity index (χ3v) is 7.99. The second-order valence-electron chi connectivity index (χ2n) is 9.86. The lowest BCUT2D eigenvalue weighted by atomic mass is 10.00. The summed E-state index contributed by atoms with van der Waals surface area (Å²) in [5, 5.41) is 2.06. The zero-order chi connectivity index (χ0) is 25.2. The van der Waals surface area contributed by atoms with Gasteiger partial charge in [0.05, 0.1) is 6.04 Å². The van der Waals surface area contributed by atoms with Crippen molar-refractivity contribution in [2.75, 3.05) is 19.7 Å². The molecule has 188 valence electrons. The number of halogens is 1. The van der Waals surface area contributed by atoms with Crippen molar-refractivity contribution in [2.24, 2.45) is 0 Å². The molecule has 0 N–H and O–H groups in total. The van der Waals surface area contributed by atoms with Crippen molar-refractivity contribution in [3.05, 3.63) is 87.4 Å². The van der Waals surface area contributed by atoms with Crippen LogP contribution in [0.4, 0.5) is 4.39 Å². The van der Waals surface area contributed by atoms with Crippen molar-refractivity contribution >= 4 is 23.2 Å². The fourth-order valence-corrected chi connectivity index (χ4v) is 5.70. The molecule has 1 aliphatic carbocycles. The predicted octanol–water partition coefficient (Wildman–Crippen LogP) is 5.82. The van der Waals surface area contributed by atoms with Gasteiger partial charge in [-0.3, -0.25) is 9.59 Å². The first-order valence-corrected chi connectivity index (χ1v) is 13.4. The maximum Gasteiger partial charge on any atom is 0.254 e. The van der Waals surface area contributed by atoms with Gasteiger partial charge in [0.25, 0.3) is 5.91 Å². The van der Waals surface area contributed by atoms with Gasteiger partial charge in [-0.2, -0.15) is 0 Å². The molecule has 0 radical (unpaired) electrons. The largest absolute Gasteiger partial charge is 0.491 e. The van der Waals surface area contributed by atoms with Crippen LogP contribution in [0.5, 0.6) is 5.75 Å². The Bertz CT molecular complexity index is 1240. The normalized spacial score (nSPS) is 17.1. The Morgan fingerprint density at radius 1 is 1.14 bits per heavy atom. The van der Waals surface area contributed by atoms with Crippen molar-refractivity contribution < 1.29 is 18.7 Å². The monoisotopic (exact) mass is 506 g/mol. The van der Waals surface area contributed by atoms with Crippen molar-refractivity contribution in [2.45, 2.75) is 51.1 Å². The Hall–Kier alpha value is -3.19. The van der Waals surface area contributed by atoms with E-state index in [1.165, 1.54) is 28.6 Å². The van der Waals surface area contributed by atoms with Crippen LogP contribution in [0.15, 0.2) is 60.0 Å². The summed E-state index contributed by atoms with van der Waals surface area (Å²) in [6.07, 6.45) is 2.52. The van der Waals surface area contributed by atoms with Crippen molar-refractivity contribution in [1.29, 1.82) is 0 Å². The van der Waals surface area contributed by atoms with E-state index in [4.69, 9.17) is 4.74 Å². The summed E-state index contributed by atoms with van der Waals surface area (Å²) in [6, 6.07) is 15.7. The molecule has 1 fully saturated rings. The molecule has 3 aromatic rings. The van der Waals surface area contributed by atoms with Gasteiger partial charge in [0.2, 0.25) is 5.91 Å². The topological polar surface area (TPSA) is 49.9 Å². The zero-order valence-corrected chi connectivity index (χ0v) is 21.5. The van der Waals surface area contributed by atoms with Crippen molar-refractivity contribution in [1.82, 2.24) is 9.80 Å². The Morgan fingerprint density at radius 3 is 2.61 bits per heavy atom. The van der Waals surface area contributed by atoms with Crippen LogP contribution in [0, 0.1) is 5.82 Å². The molecule has 0 unspecified atom stereocenters. The Labute approximate surface area is 215 Å². The summed E-state index contributed by atoms with van der Waals surface area (Å²) in [5.41, 5.74) is 2.64. The van der Waals surface area contributed by atoms with Crippen LogP contribution in [0.3, 0.4) is 0 Å². The van der Waals surface area contributed by atoms with Crippen LogP contribution >= 0.6 is 11.3 Å². The van der Waals surface area contributed by atoms with E-state index in [9.17, 15) is 14.0 Å². The van der Waals surface area contributed by atoms with Gasteiger partial charge in [-0.25, -0.2) is 4.39 Å². The number of carbonyl (C=O) groups excluding carboxylic acids is 2. The van der Waals surface area contributed by atoms with E-state index in [1.54, 1.807) is 22.3 Å². The number of carbonyl (C=O) groups is 2. The quantitative estimate of drug-likeness (QED) is 0.387. The highest BCUT2D eigenvalue weighted by Gasteiger charge is 2.38. The summed E-state index contributed by atoms with van der Waals surface area (Å²) >= 11 is 1.71. The molecule has 0 bridgehead atoms. The first-order valence-electron chi connectivity index (χ1n) is 12.6. The molecule has 1 aliphatic heterocycles. The van der Waals surface area contributed by atoms with Gasteiger partial charge >= 0.3 is 0 Å². The number of ether oxygens (including phenoxy) is 1. The van der Waals surface area contributed by atoms with Gasteiger partial charge in [-0.15, -0.1) is 11.3 Å². The molecule has 2 aromatic carbocycles. The predicted molar refractivity (Wildman–Crippen MR) is 139 cm³/mol. The lowest BCUT2D eigenvalue weighted by Crippen LogP contribution is -2.48. The molecule has 2 aliphatic rings. The average Bonchev–Trinajstić information content (AvgIpc) is 3.61. The standard InChI is InChI=1S/C29H31FN2O3S/c1-19(2)20-6-10-24(11-7-20)35-18-26-25-13-15-36-27(25)12-14-31(26)28(33)17-32(23-8-9-23)29(34)21-4-3-5-22(30)16-21/h3-7,10-11,13,15-16,19,23,26H,8-9,12,14,17-18H2,1-2H3/t26-/m1/s1. The summed E-state index contributed by atoms with van der Waals surface area (Å²) in [4.78, 5) is 31.6. The van der Waals surface area contributed by atoms with E-state index < -0.39 is 5.82 Å². The fourth-order valence-electron chi connectivity index (χ4n) is 4.78. The maximum absolute atomic E-state index is 13.7. The van der Waals surface area contributed by atoms with Crippen LogP contribution in [0.2, 0.25) is 0 Å². The van der Waals surface area contributed by atoms with E-state index in [-0.39, 0.29) is 36.0 Å². The first kappa shape index (κ1) is 24.5. The van der Waals surface area contributed by atoms with E-state index in [0.717, 1.165) is 30.6 Å². The number of fused-ring (bicyclic) bond motifs is 1. The Kier molecular flexibility index (Phi) is 7.10. The van der Waals surface area contributed by atoms with E-state index >= 15 is 0 Å². The Balaban J connectivity index is 1.32. The molecule has 0 spiro atoms. The van der Waals surface area contributed by atoms with Gasteiger partial charge in [-0.05, 0) is 78.1 Å². The molecule has 36 heavy (non-hydrogen) atoms. The van der Waals surface area contributed by atoms with Crippen molar-refractivity contribution in [3.63, 3.8) is 0 Å². The zero-order valence-electron chi connectivity index (χ0n) is 20.7. The molecule has 1 aromatic heterocycles. The lowest BCUT2D eigenvalue weighted by Gasteiger charge is -2.37. The van der Waals surface area contributed by atoms with Gasteiger partial charge in [-0.1, -0.05) is 32.0 Å². The molecule has 2 amide bonds. The van der Waals surface area contributed by atoms with Gasteiger partial charge < -0.3 is 14.5 Å². The maximum atomic E-state index is 13.7. The highest BCUT2D eigenvalue weighted by atomic mass is 32.1. The SMILES string of the molecule is CC(C)c1ccc(OC[C@@H]2c3ccsc3CCN2C(=O)CN(C(=O)c2cccc(F)c2)C2CC2)cc1. The molecule has 0 saturated heterocycles. The van der Waals surface area contributed by atoms with E-state index in [0.29, 0.717) is 19.1 Å². The van der Waals surface area contributed by atoms with Crippen LogP contribution in [-0.4, -0.2) is 47.4 Å². The molecule has 2 heterocycles. The molecule has 1 saturated carbocycles. The van der Waals surface area contributed by atoms with Crippen LogP contribution in [0.1, 0.15) is 65.0 Å².